The molecular formula is C25H30N6O3. The van der Waals surface area contributed by atoms with Crippen LogP contribution in [-0.4, -0.2) is 47.2 Å². The minimum Gasteiger partial charge on any atom is -0.443 e. The largest absolute Gasteiger partial charge is 0.443 e. The van der Waals surface area contributed by atoms with Crippen molar-refractivity contribution in [3.05, 3.63) is 36.2 Å². The van der Waals surface area contributed by atoms with E-state index in [0.717, 1.165) is 29.3 Å². The molecule has 1 saturated carbocycles. The number of benzene rings is 1. The SMILES string of the molecule is Cc1ccc2c(c1)cc(-c1nn(C3CCC(O)CC3)c3ncnc(N)c13)n2C(=O)OC(C)(C)C. The Morgan fingerprint density at radius 3 is 2.59 bits per heavy atom. The number of anilines is 1. The summed E-state index contributed by atoms with van der Waals surface area (Å²) in [6.07, 6.45) is 3.66. The number of hydrogen-bond donors (Lipinski definition) is 2. The van der Waals surface area contributed by atoms with Gasteiger partial charge in [-0.15, -0.1) is 0 Å². The molecule has 1 aliphatic rings. The van der Waals surface area contributed by atoms with Crippen LogP contribution in [0.15, 0.2) is 30.6 Å². The van der Waals surface area contributed by atoms with Crippen molar-refractivity contribution in [3.8, 4) is 11.4 Å². The van der Waals surface area contributed by atoms with Crippen LogP contribution >= 0.6 is 0 Å². The van der Waals surface area contributed by atoms with Gasteiger partial charge in [0.1, 0.15) is 23.4 Å². The lowest BCUT2D eigenvalue weighted by molar-refractivity contribution is 0.0547. The number of carbonyl (C=O) groups is 1. The summed E-state index contributed by atoms with van der Waals surface area (Å²) < 4.78 is 9.20. The molecule has 4 aromatic rings. The predicted molar refractivity (Wildman–Crippen MR) is 131 cm³/mol. The highest BCUT2D eigenvalue weighted by molar-refractivity contribution is 6.03. The van der Waals surface area contributed by atoms with Crippen LogP contribution < -0.4 is 5.73 Å². The first-order valence-electron chi connectivity index (χ1n) is 11.6. The Morgan fingerprint density at radius 2 is 1.88 bits per heavy atom. The van der Waals surface area contributed by atoms with E-state index < -0.39 is 11.7 Å². The predicted octanol–water partition coefficient (Wildman–Crippen LogP) is 4.60. The van der Waals surface area contributed by atoms with Crippen molar-refractivity contribution >= 4 is 33.8 Å². The number of carbonyl (C=O) groups excluding carboxylic acids is 1. The van der Waals surface area contributed by atoms with E-state index in [0.29, 0.717) is 41.1 Å². The van der Waals surface area contributed by atoms with Gasteiger partial charge in [0.2, 0.25) is 0 Å². The van der Waals surface area contributed by atoms with Gasteiger partial charge in [-0.25, -0.2) is 24.0 Å². The molecular weight excluding hydrogens is 432 g/mol. The average molecular weight is 463 g/mol. The van der Waals surface area contributed by atoms with Gasteiger partial charge < -0.3 is 15.6 Å². The molecule has 0 amide bonds. The fourth-order valence-electron chi connectivity index (χ4n) is 4.75. The summed E-state index contributed by atoms with van der Waals surface area (Å²) in [5.74, 6) is 0.305. The van der Waals surface area contributed by atoms with E-state index in [4.69, 9.17) is 15.6 Å². The van der Waals surface area contributed by atoms with Crippen molar-refractivity contribution in [2.75, 3.05) is 5.73 Å². The molecule has 0 unspecified atom stereocenters. The number of aryl methyl sites for hydroxylation is 1. The number of rotatable bonds is 2. The van der Waals surface area contributed by atoms with Gasteiger partial charge >= 0.3 is 6.09 Å². The average Bonchev–Trinajstić information content (AvgIpc) is 3.32. The normalized spacial score (nSPS) is 19.1. The van der Waals surface area contributed by atoms with Gasteiger partial charge in [0.05, 0.1) is 28.7 Å². The van der Waals surface area contributed by atoms with Crippen molar-refractivity contribution in [2.45, 2.75) is 71.1 Å². The first-order valence-corrected chi connectivity index (χ1v) is 11.6. The highest BCUT2D eigenvalue weighted by Gasteiger charge is 2.29. The zero-order chi connectivity index (χ0) is 24.2. The van der Waals surface area contributed by atoms with E-state index in [1.54, 1.807) is 4.57 Å². The zero-order valence-electron chi connectivity index (χ0n) is 19.9. The maximum atomic E-state index is 13.4. The van der Waals surface area contributed by atoms with Crippen molar-refractivity contribution in [1.29, 1.82) is 0 Å². The van der Waals surface area contributed by atoms with Crippen LogP contribution in [0.5, 0.6) is 0 Å². The molecule has 3 heterocycles. The highest BCUT2D eigenvalue weighted by Crippen LogP contribution is 2.38. The first-order chi connectivity index (χ1) is 16.1. The summed E-state index contributed by atoms with van der Waals surface area (Å²) in [7, 11) is 0. The van der Waals surface area contributed by atoms with Gasteiger partial charge in [-0.05, 0) is 71.6 Å². The Morgan fingerprint density at radius 1 is 1.15 bits per heavy atom. The number of aliphatic hydroxyl groups excluding tert-OH is 1. The molecule has 1 aromatic carbocycles. The molecule has 0 bridgehead atoms. The van der Waals surface area contributed by atoms with E-state index in [1.165, 1.54) is 6.33 Å². The van der Waals surface area contributed by atoms with E-state index in [-0.39, 0.29) is 12.1 Å². The first kappa shape index (κ1) is 22.3. The van der Waals surface area contributed by atoms with E-state index >= 15 is 0 Å². The summed E-state index contributed by atoms with van der Waals surface area (Å²) in [6, 6.07) is 7.93. The topological polar surface area (TPSA) is 121 Å². The molecule has 0 spiro atoms. The summed E-state index contributed by atoms with van der Waals surface area (Å²) in [5.41, 5.74) is 9.23. The molecule has 0 atom stereocenters. The van der Waals surface area contributed by atoms with E-state index in [2.05, 4.69) is 9.97 Å². The fourth-order valence-corrected chi connectivity index (χ4v) is 4.75. The van der Waals surface area contributed by atoms with E-state index in [1.807, 2.05) is 56.6 Å². The number of ether oxygens (including phenoxy) is 1. The van der Waals surface area contributed by atoms with Gasteiger partial charge in [-0.2, -0.15) is 5.10 Å². The van der Waals surface area contributed by atoms with Crippen LogP contribution in [0.25, 0.3) is 33.3 Å². The number of nitrogens with two attached hydrogens (primary N) is 1. The van der Waals surface area contributed by atoms with E-state index in [9.17, 15) is 9.90 Å². The van der Waals surface area contributed by atoms with Crippen LogP contribution in [-0.2, 0) is 4.74 Å². The van der Waals surface area contributed by atoms with Crippen molar-refractivity contribution < 1.29 is 14.6 Å². The molecule has 3 aromatic heterocycles. The van der Waals surface area contributed by atoms with Crippen molar-refractivity contribution in [1.82, 2.24) is 24.3 Å². The van der Waals surface area contributed by atoms with Crippen LogP contribution in [0, 0.1) is 6.92 Å². The number of aliphatic hydroxyl groups is 1. The van der Waals surface area contributed by atoms with Crippen LogP contribution in [0.4, 0.5) is 10.6 Å². The monoisotopic (exact) mass is 462 g/mol. The van der Waals surface area contributed by atoms with Crippen LogP contribution in [0.2, 0.25) is 0 Å². The highest BCUT2D eigenvalue weighted by atomic mass is 16.6. The number of nitrogens with zero attached hydrogens (tertiary/aromatic N) is 5. The Labute approximate surface area is 197 Å². The van der Waals surface area contributed by atoms with Crippen LogP contribution in [0.3, 0.4) is 0 Å². The number of hydrogen-bond acceptors (Lipinski definition) is 7. The lowest BCUT2D eigenvalue weighted by atomic mass is 9.93. The van der Waals surface area contributed by atoms with Crippen molar-refractivity contribution in [2.24, 2.45) is 0 Å². The summed E-state index contributed by atoms with van der Waals surface area (Å²) in [4.78, 5) is 22.1. The fraction of sp³-hybridized carbons (Fsp3) is 0.440. The molecule has 9 heteroatoms. The smallest absolute Gasteiger partial charge is 0.419 e. The molecule has 9 nitrogen and oxygen atoms in total. The van der Waals surface area contributed by atoms with Gasteiger partial charge in [-0.1, -0.05) is 11.6 Å². The maximum absolute atomic E-state index is 13.4. The van der Waals surface area contributed by atoms with Gasteiger partial charge in [0, 0.05) is 5.39 Å². The zero-order valence-corrected chi connectivity index (χ0v) is 19.9. The third-order valence-corrected chi connectivity index (χ3v) is 6.31. The maximum Gasteiger partial charge on any atom is 0.419 e. The molecule has 34 heavy (non-hydrogen) atoms. The quantitative estimate of drug-likeness (QED) is 0.446. The molecule has 0 radical (unpaired) electrons. The second-order valence-electron chi connectivity index (χ2n) is 10.1. The minimum atomic E-state index is -0.665. The molecule has 178 valence electrons. The number of nitrogen functional groups attached to an aromatic ring is 1. The molecule has 1 aliphatic carbocycles. The third kappa shape index (κ3) is 3.90. The Balaban J connectivity index is 1.75. The lowest BCUT2D eigenvalue weighted by Gasteiger charge is -2.25. The Hall–Kier alpha value is -3.46. The summed E-state index contributed by atoms with van der Waals surface area (Å²) in [5, 5.41) is 16.4. The molecule has 0 saturated heterocycles. The Kier molecular flexibility index (Phi) is 5.31. The Bertz CT molecular complexity index is 1390. The lowest BCUT2D eigenvalue weighted by Crippen LogP contribution is -2.27. The standard InChI is InChI=1S/C25H30N6O3/c1-14-5-10-18-15(11-14)12-19(30(18)24(33)34-25(2,3)4)21-20-22(26)27-13-28-23(20)31(29-21)16-6-8-17(32)9-7-16/h5,10-13,16-17,32H,6-9H2,1-4H3,(H2,26,27,28). The molecule has 3 N–H and O–H groups in total. The summed E-state index contributed by atoms with van der Waals surface area (Å²) >= 11 is 0. The number of fused-ring (bicyclic) bond motifs is 2. The second-order valence-corrected chi connectivity index (χ2v) is 10.1. The van der Waals surface area contributed by atoms with Crippen molar-refractivity contribution in [3.63, 3.8) is 0 Å². The molecule has 0 aliphatic heterocycles. The minimum absolute atomic E-state index is 0.0792. The number of aromatic nitrogens is 5. The van der Waals surface area contributed by atoms with Gasteiger partial charge in [0.25, 0.3) is 0 Å². The van der Waals surface area contributed by atoms with Gasteiger partial charge in [-0.3, -0.25) is 0 Å². The second kappa shape index (κ2) is 8.09. The molecule has 5 rings (SSSR count). The van der Waals surface area contributed by atoms with Gasteiger partial charge in [0.15, 0.2) is 5.65 Å². The third-order valence-electron chi connectivity index (χ3n) is 6.31. The van der Waals surface area contributed by atoms with Crippen LogP contribution in [0.1, 0.15) is 58.1 Å². The summed E-state index contributed by atoms with van der Waals surface area (Å²) in [6.45, 7) is 7.53. The molecule has 1 fully saturated rings.